The van der Waals surface area contributed by atoms with Crippen molar-refractivity contribution < 1.29 is 33.8 Å². The molecule has 0 spiro atoms. The maximum Gasteiger partial charge on any atom is 0.326 e. The monoisotopic (exact) mass is 714 g/mol. The number of aryl methyl sites for hydroxylation is 1. The van der Waals surface area contributed by atoms with Crippen molar-refractivity contribution in [3.63, 3.8) is 0 Å². The average molecular weight is 715 g/mol. The molecule has 0 unspecified atom stereocenters. The molecule has 1 heterocycles. The third-order valence-electron chi connectivity index (χ3n) is 16.0. The number of aromatic nitrogens is 2. The number of ketones is 1. The Labute approximate surface area is 308 Å². The first kappa shape index (κ1) is 36.9. The average Bonchev–Trinajstić information content (AvgIpc) is 3.43. The van der Waals surface area contributed by atoms with Crippen LogP contribution in [-0.2, 0) is 41.6 Å². The molecule has 0 saturated heterocycles. The van der Waals surface area contributed by atoms with Crippen LogP contribution in [0.3, 0.4) is 0 Å². The lowest BCUT2D eigenvalue weighted by Crippen LogP contribution is -2.66. The Balaban J connectivity index is 1.15. The van der Waals surface area contributed by atoms with Gasteiger partial charge < -0.3 is 19.1 Å². The largest absolute Gasteiger partial charge is 0.481 e. The van der Waals surface area contributed by atoms with E-state index in [1.54, 1.807) is 4.57 Å². The fraction of sp³-hybridized carbons (Fsp3) is 0.698. The minimum atomic E-state index is -0.911. The summed E-state index contributed by atoms with van der Waals surface area (Å²) < 4.78 is 13.5. The molecule has 5 aliphatic rings. The van der Waals surface area contributed by atoms with E-state index in [-0.39, 0.29) is 88.0 Å². The molecule has 9 heteroatoms. The van der Waals surface area contributed by atoms with Gasteiger partial charge in [-0.1, -0.05) is 59.2 Å². The standard InChI is InChI=1S/C43H58N2O7/c1-38(2)31-15-18-43(7)36(30(46)23-26-27-24-40(4,37(50)51-8)20-19-39(27,3)21-22-42(26,43)6)41(31,5)17-16-32(38)52-35(49)25-45-29-12-10-9-11-28(29)44-33(45)13-14-34(47)48/h9-12,23,27,31-32,36H,13-22,24-25H2,1-8H3,(H,47,48)/t27-,31-,32-,36+,39+,40-,41-,42+,43+/m0/s1. The van der Waals surface area contributed by atoms with E-state index in [1.165, 1.54) is 12.7 Å². The van der Waals surface area contributed by atoms with Gasteiger partial charge in [0.25, 0.3) is 0 Å². The van der Waals surface area contributed by atoms with E-state index in [9.17, 15) is 24.3 Å². The van der Waals surface area contributed by atoms with Crippen LogP contribution in [0.15, 0.2) is 35.9 Å². The van der Waals surface area contributed by atoms with Crippen LogP contribution in [0.25, 0.3) is 11.0 Å². The molecule has 4 fully saturated rings. The number of benzene rings is 1. The SMILES string of the molecule is COC(=O)[C@@]1(C)CC[C@]2(C)CC[C@]3(C)C(=CC(=O)[C@@H]4[C@@]5(C)CC[C@H](OC(=O)Cn6c(CCC(=O)O)nc7ccccc76)C(C)(C)[C@@H]5CC[C@]43C)[C@@H]2C1. The number of fused-ring (bicyclic) bond motifs is 8. The predicted octanol–water partition coefficient (Wildman–Crippen LogP) is 8.12. The minimum Gasteiger partial charge on any atom is -0.481 e. The molecule has 52 heavy (non-hydrogen) atoms. The van der Waals surface area contributed by atoms with Crippen molar-refractivity contribution in [3.05, 3.63) is 41.7 Å². The Bertz CT molecular complexity index is 1860. The van der Waals surface area contributed by atoms with Gasteiger partial charge in [0.1, 0.15) is 18.5 Å². The summed E-state index contributed by atoms with van der Waals surface area (Å²) in [7, 11) is 1.49. The van der Waals surface area contributed by atoms with E-state index in [1.807, 2.05) is 30.3 Å². The molecule has 0 radical (unpaired) electrons. The molecule has 7 rings (SSSR count). The fourth-order valence-electron chi connectivity index (χ4n) is 12.8. The molecule has 5 aliphatic carbocycles. The van der Waals surface area contributed by atoms with Crippen LogP contribution < -0.4 is 0 Å². The van der Waals surface area contributed by atoms with E-state index in [2.05, 4.69) is 53.5 Å². The maximum absolute atomic E-state index is 14.8. The quantitative estimate of drug-likeness (QED) is 0.285. The number of aliphatic carboxylic acids is 1. The maximum atomic E-state index is 14.8. The highest BCUT2D eigenvalue weighted by Crippen LogP contribution is 2.75. The number of carbonyl (C=O) groups excluding carboxylic acids is 3. The van der Waals surface area contributed by atoms with Crippen LogP contribution in [0, 0.1) is 50.2 Å². The van der Waals surface area contributed by atoms with Crippen LogP contribution in [0.1, 0.15) is 118 Å². The zero-order valence-electron chi connectivity index (χ0n) is 32.5. The molecule has 4 saturated carbocycles. The summed E-state index contributed by atoms with van der Waals surface area (Å²) in [6.45, 7) is 16.0. The van der Waals surface area contributed by atoms with Crippen molar-refractivity contribution in [2.45, 2.75) is 132 Å². The van der Waals surface area contributed by atoms with E-state index < -0.39 is 11.4 Å². The van der Waals surface area contributed by atoms with Crippen molar-refractivity contribution in [3.8, 4) is 0 Å². The molecule has 1 aromatic carbocycles. The summed E-state index contributed by atoms with van der Waals surface area (Å²) in [5.41, 5.74) is 1.28. The third-order valence-corrected chi connectivity index (χ3v) is 16.0. The van der Waals surface area contributed by atoms with Gasteiger partial charge in [0.2, 0.25) is 0 Å². The number of imidazole rings is 1. The predicted molar refractivity (Wildman–Crippen MR) is 197 cm³/mol. The molecule has 9 atom stereocenters. The number of esters is 2. The first-order valence-electron chi connectivity index (χ1n) is 19.5. The van der Waals surface area contributed by atoms with Crippen LogP contribution in [0.4, 0.5) is 0 Å². The van der Waals surface area contributed by atoms with Crippen molar-refractivity contribution in [2.75, 3.05) is 7.11 Å². The van der Waals surface area contributed by atoms with Gasteiger partial charge in [0, 0.05) is 17.8 Å². The molecule has 2 aromatic rings. The van der Waals surface area contributed by atoms with Gasteiger partial charge in [-0.25, -0.2) is 4.98 Å². The lowest BCUT2D eigenvalue weighted by molar-refractivity contribution is -0.211. The van der Waals surface area contributed by atoms with Gasteiger partial charge in [0.15, 0.2) is 5.78 Å². The first-order valence-corrected chi connectivity index (χ1v) is 19.5. The Morgan fingerprint density at radius 1 is 0.942 bits per heavy atom. The molecule has 0 amide bonds. The summed E-state index contributed by atoms with van der Waals surface area (Å²) >= 11 is 0. The van der Waals surface area contributed by atoms with Crippen LogP contribution >= 0.6 is 0 Å². The van der Waals surface area contributed by atoms with E-state index >= 15 is 0 Å². The Kier molecular flexibility index (Phi) is 8.70. The van der Waals surface area contributed by atoms with Gasteiger partial charge >= 0.3 is 17.9 Å². The molecule has 0 bridgehead atoms. The number of ether oxygens (including phenoxy) is 2. The Hall–Kier alpha value is -3.49. The Morgan fingerprint density at radius 2 is 1.65 bits per heavy atom. The first-order chi connectivity index (χ1) is 24.3. The van der Waals surface area contributed by atoms with Crippen LogP contribution in [-0.4, -0.2) is 51.6 Å². The molecule has 0 aliphatic heterocycles. The number of rotatable bonds is 7. The van der Waals surface area contributed by atoms with Crippen molar-refractivity contribution in [1.29, 1.82) is 0 Å². The molecular weight excluding hydrogens is 656 g/mol. The fourth-order valence-corrected chi connectivity index (χ4v) is 12.8. The van der Waals surface area contributed by atoms with Crippen LogP contribution in [0.2, 0.25) is 0 Å². The number of carboxylic acid groups (broad SMARTS) is 1. The summed E-state index contributed by atoms with van der Waals surface area (Å²) in [6, 6.07) is 7.54. The normalized spacial score (nSPS) is 39.3. The number of carbonyl (C=O) groups is 4. The minimum absolute atomic E-state index is 0.0375. The van der Waals surface area contributed by atoms with E-state index in [0.29, 0.717) is 12.2 Å². The lowest BCUT2D eigenvalue weighted by Gasteiger charge is -2.70. The van der Waals surface area contributed by atoms with Crippen LogP contribution in [0.5, 0.6) is 0 Å². The van der Waals surface area contributed by atoms with E-state index in [4.69, 9.17) is 9.47 Å². The van der Waals surface area contributed by atoms with E-state index in [0.717, 1.165) is 62.4 Å². The second-order valence-electron chi connectivity index (χ2n) is 19.1. The van der Waals surface area contributed by atoms with Gasteiger partial charge in [-0.05, 0) is 116 Å². The topological polar surface area (TPSA) is 125 Å². The number of hydrogen-bond acceptors (Lipinski definition) is 7. The van der Waals surface area contributed by atoms with Crippen molar-refractivity contribution in [1.82, 2.24) is 9.55 Å². The Morgan fingerprint density at radius 3 is 2.37 bits per heavy atom. The highest BCUT2D eigenvalue weighted by molar-refractivity contribution is 5.95. The number of hydrogen-bond donors (Lipinski definition) is 1. The zero-order valence-corrected chi connectivity index (χ0v) is 32.5. The molecule has 1 aromatic heterocycles. The smallest absolute Gasteiger partial charge is 0.326 e. The number of nitrogens with zero attached hydrogens (tertiary/aromatic N) is 2. The number of allylic oxidation sites excluding steroid dienone is 2. The van der Waals surface area contributed by atoms with Crippen molar-refractivity contribution >= 4 is 34.7 Å². The highest BCUT2D eigenvalue weighted by Gasteiger charge is 2.70. The van der Waals surface area contributed by atoms with Gasteiger partial charge in [-0.15, -0.1) is 0 Å². The second-order valence-corrected chi connectivity index (χ2v) is 19.1. The molecule has 9 nitrogen and oxygen atoms in total. The molecule has 1 N–H and O–H groups in total. The summed E-state index contributed by atoms with van der Waals surface area (Å²) in [4.78, 5) is 57.6. The summed E-state index contributed by atoms with van der Waals surface area (Å²) in [5.74, 6) is -0.400. The zero-order chi connectivity index (χ0) is 37.6. The highest BCUT2D eigenvalue weighted by atomic mass is 16.5. The number of methoxy groups -OCH3 is 1. The summed E-state index contributed by atoms with van der Waals surface area (Å²) in [6.07, 6.45) is 9.86. The number of para-hydroxylation sites is 2. The molecular formula is C43H58N2O7. The van der Waals surface area contributed by atoms with Gasteiger partial charge in [-0.3, -0.25) is 19.2 Å². The molecule has 282 valence electrons. The van der Waals surface area contributed by atoms with Gasteiger partial charge in [0.05, 0.1) is 30.0 Å². The number of carboxylic acids is 1. The van der Waals surface area contributed by atoms with Crippen molar-refractivity contribution in [2.24, 2.45) is 50.2 Å². The third kappa shape index (κ3) is 5.32. The summed E-state index contributed by atoms with van der Waals surface area (Å²) in [5, 5.41) is 9.32. The second kappa shape index (κ2) is 12.3. The van der Waals surface area contributed by atoms with Gasteiger partial charge in [-0.2, -0.15) is 0 Å². The lowest BCUT2D eigenvalue weighted by atomic mass is 9.33.